The van der Waals surface area contributed by atoms with Gasteiger partial charge in [0.2, 0.25) is 0 Å². The van der Waals surface area contributed by atoms with Crippen LogP contribution in [0.25, 0.3) is 0 Å². The van der Waals surface area contributed by atoms with Crippen molar-refractivity contribution in [2.24, 2.45) is 11.8 Å². The Kier molecular flexibility index (Phi) is 5.65. The van der Waals surface area contributed by atoms with Gasteiger partial charge in [0.05, 0.1) is 0 Å². The van der Waals surface area contributed by atoms with Gasteiger partial charge in [-0.2, -0.15) is 0 Å². The Morgan fingerprint density at radius 2 is 1.59 bits per heavy atom. The summed E-state index contributed by atoms with van der Waals surface area (Å²) < 4.78 is 0. The number of amides is 2. The van der Waals surface area contributed by atoms with E-state index >= 15 is 0 Å². The van der Waals surface area contributed by atoms with Crippen LogP contribution in [0.4, 0.5) is 10.5 Å². The molecule has 2 aromatic carbocycles. The maximum atomic E-state index is 12.1. The molecule has 4 nitrogen and oxygen atoms in total. The van der Waals surface area contributed by atoms with Crippen molar-refractivity contribution in [2.45, 2.75) is 32.4 Å². The van der Waals surface area contributed by atoms with Gasteiger partial charge in [-0.3, -0.25) is 4.90 Å². The van der Waals surface area contributed by atoms with Crippen LogP contribution in [-0.2, 0) is 13.1 Å². The maximum Gasteiger partial charge on any atom is 0.319 e. The Hall–Kier alpha value is -2.04. The van der Waals surface area contributed by atoms with Gasteiger partial charge in [0, 0.05) is 36.9 Å². The van der Waals surface area contributed by atoms with Crippen molar-refractivity contribution in [3.8, 4) is 0 Å². The van der Waals surface area contributed by atoms with Gasteiger partial charge in [-0.15, -0.1) is 0 Å². The van der Waals surface area contributed by atoms with Crippen molar-refractivity contribution in [3.05, 3.63) is 64.7 Å². The molecule has 142 valence electrons. The third kappa shape index (κ3) is 5.02. The Balaban J connectivity index is 1.25. The number of piperidine rings is 1. The van der Waals surface area contributed by atoms with Gasteiger partial charge in [-0.1, -0.05) is 35.9 Å². The van der Waals surface area contributed by atoms with Gasteiger partial charge >= 0.3 is 6.03 Å². The van der Waals surface area contributed by atoms with Crippen molar-refractivity contribution in [1.29, 1.82) is 0 Å². The van der Waals surface area contributed by atoms with Crippen LogP contribution in [0.5, 0.6) is 0 Å². The number of likely N-dealkylation sites (tertiary alicyclic amines) is 1. The molecule has 2 fully saturated rings. The number of rotatable bonds is 5. The van der Waals surface area contributed by atoms with Crippen LogP contribution in [0.3, 0.4) is 0 Å². The predicted octanol–water partition coefficient (Wildman–Crippen LogP) is 4.89. The van der Waals surface area contributed by atoms with Gasteiger partial charge in [0.25, 0.3) is 0 Å². The second-order valence-corrected chi connectivity index (χ2v) is 8.31. The Morgan fingerprint density at radius 1 is 0.963 bits per heavy atom. The molecule has 5 heteroatoms. The minimum atomic E-state index is -0.203. The number of fused-ring (bicyclic) bond motifs is 2. The Morgan fingerprint density at radius 3 is 2.26 bits per heavy atom. The maximum absolute atomic E-state index is 12.1. The number of carbonyl (C=O) groups excluding carboxylic acids is 1. The van der Waals surface area contributed by atoms with E-state index in [1.165, 1.54) is 37.9 Å². The lowest BCUT2D eigenvalue weighted by Gasteiger charge is -2.31. The van der Waals surface area contributed by atoms with Crippen molar-refractivity contribution in [2.75, 3.05) is 18.4 Å². The fourth-order valence-electron chi connectivity index (χ4n) is 4.36. The van der Waals surface area contributed by atoms with E-state index in [1.54, 1.807) is 0 Å². The standard InChI is InChI=1S/C22H26ClN3O/c23-20-7-3-16(4-8-20)12-24-22(27)25-21-9-5-17(6-10-21)13-26-14-18-1-2-19(11-18)15-26/h3-10,18-19H,1-2,11-15H2,(H2,24,25,27). The molecular formula is C22H26ClN3O. The van der Waals surface area contributed by atoms with Crippen molar-refractivity contribution >= 4 is 23.3 Å². The molecule has 0 aromatic heterocycles. The van der Waals surface area contributed by atoms with E-state index in [-0.39, 0.29) is 6.03 Å². The zero-order valence-electron chi connectivity index (χ0n) is 15.5. The molecule has 2 aromatic rings. The second kappa shape index (κ2) is 8.32. The van der Waals surface area contributed by atoms with E-state index in [0.717, 1.165) is 29.6 Å². The first-order valence-electron chi connectivity index (χ1n) is 9.74. The minimum absolute atomic E-state index is 0.203. The van der Waals surface area contributed by atoms with E-state index in [4.69, 9.17) is 11.6 Å². The summed E-state index contributed by atoms with van der Waals surface area (Å²) in [4.78, 5) is 14.7. The number of carbonyl (C=O) groups is 1. The summed E-state index contributed by atoms with van der Waals surface area (Å²) in [6.45, 7) is 3.96. The van der Waals surface area contributed by atoms with Gasteiger partial charge in [0.1, 0.15) is 0 Å². The first kappa shape index (κ1) is 18.3. The smallest absolute Gasteiger partial charge is 0.319 e. The lowest BCUT2D eigenvalue weighted by atomic mass is 9.98. The third-order valence-electron chi connectivity index (χ3n) is 5.67. The van der Waals surface area contributed by atoms with E-state index in [9.17, 15) is 4.79 Å². The van der Waals surface area contributed by atoms with E-state index < -0.39 is 0 Å². The number of anilines is 1. The molecule has 0 radical (unpaired) electrons. The summed E-state index contributed by atoms with van der Waals surface area (Å²) in [6.07, 6.45) is 4.26. The fourth-order valence-corrected chi connectivity index (χ4v) is 4.48. The van der Waals surface area contributed by atoms with E-state index in [1.807, 2.05) is 36.4 Å². The molecule has 2 unspecified atom stereocenters. The first-order chi connectivity index (χ1) is 13.1. The van der Waals surface area contributed by atoms with Crippen LogP contribution >= 0.6 is 11.6 Å². The third-order valence-corrected chi connectivity index (χ3v) is 5.92. The van der Waals surface area contributed by atoms with Gasteiger partial charge in [-0.05, 0) is 66.5 Å². The van der Waals surface area contributed by atoms with Gasteiger partial charge in [0.15, 0.2) is 0 Å². The monoisotopic (exact) mass is 383 g/mol. The van der Waals surface area contributed by atoms with Crippen LogP contribution in [0, 0.1) is 11.8 Å². The molecule has 2 bridgehead atoms. The fraction of sp³-hybridized carbons (Fsp3) is 0.409. The van der Waals surface area contributed by atoms with Crippen molar-refractivity contribution in [1.82, 2.24) is 10.2 Å². The lowest BCUT2D eigenvalue weighted by molar-refractivity contribution is 0.161. The average molecular weight is 384 g/mol. The molecule has 2 amide bonds. The molecule has 0 spiro atoms. The topological polar surface area (TPSA) is 44.4 Å². The van der Waals surface area contributed by atoms with Gasteiger partial charge < -0.3 is 10.6 Å². The van der Waals surface area contributed by atoms with E-state index in [2.05, 4.69) is 27.7 Å². The van der Waals surface area contributed by atoms with Crippen LogP contribution in [0.2, 0.25) is 5.02 Å². The highest BCUT2D eigenvalue weighted by atomic mass is 35.5. The number of hydrogen-bond donors (Lipinski definition) is 2. The van der Waals surface area contributed by atoms with Crippen molar-refractivity contribution < 1.29 is 4.79 Å². The molecule has 2 N–H and O–H groups in total. The molecule has 2 atom stereocenters. The summed E-state index contributed by atoms with van der Waals surface area (Å²) >= 11 is 5.87. The molecule has 2 aliphatic rings. The molecule has 1 saturated heterocycles. The zero-order chi connectivity index (χ0) is 18.6. The number of halogens is 1. The summed E-state index contributed by atoms with van der Waals surface area (Å²) in [7, 11) is 0. The number of nitrogens with one attached hydrogen (secondary N) is 2. The minimum Gasteiger partial charge on any atom is -0.334 e. The molecule has 4 rings (SSSR count). The quantitative estimate of drug-likeness (QED) is 0.771. The van der Waals surface area contributed by atoms with Crippen LogP contribution in [0.15, 0.2) is 48.5 Å². The molecule has 1 saturated carbocycles. The van der Waals surface area contributed by atoms with E-state index in [0.29, 0.717) is 11.6 Å². The number of hydrogen-bond acceptors (Lipinski definition) is 2. The SMILES string of the molecule is O=C(NCc1ccc(Cl)cc1)Nc1ccc(CN2CC3CCC(C3)C2)cc1. The molecule has 1 aliphatic carbocycles. The van der Waals surface area contributed by atoms with Crippen LogP contribution < -0.4 is 10.6 Å². The summed E-state index contributed by atoms with van der Waals surface area (Å²) in [5.74, 6) is 1.82. The highest BCUT2D eigenvalue weighted by molar-refractivity contribution is 6.30. The molecule has 1 heterocycles. The largest absolute Gasteiger partial charge is 0.334 e. The number of nitrogens with zero attached hydrogens (tertiary/aromatic N) is 1. The lowest BCUT2D eigenvalue weighted by Crippen LogP contribution is -2.35. The molecular weight excluding hydrogens is 358 g/mol. The van der Waals surface area contributed by atoms with Crippen LogP contribution in [0.1, 0.15) is 30.4 Å². The number of urea groups is 1. The average Bonchev–Trinajstić information content (AvgIpc) is 3.01. The Labute approximate surface area is 165 Å². The zero-order valence-corrected chi connectivity index (χ0v) is 16.2. The van der Waals surface area contributed by atoms with Crippen LogP contribution in [-0.4, -0.2) is 24.0 Å². The van der Waals surface area contributed by atoms with Gasteiger partial charge in [-0.25, -0.2) is 4.79 Å². The normalized spacial score (nSPS) is 21.8. The highest BCUT2D eigenvalue weighted by Crippen LogP contribution is 2.36. The first-order valence-corrected chi connectivity index (χ1v) is 10.1. The molecule has 27 heavy (non-hydrogen) atoms. The predicted molar refractivity (Wildman–Crippen MR) is 110 cm³/mol. The summed E-state index contributed by atoms with van der Waals surface area (Å²) in [5.41, 5.74) is 3.13. The summed E-state index contributed by atoms with van der Waals surface area (Å²) in [5, 5.41) is 6.45. The molecule has 1 aliphatic heterocycles. The summed E-state index contributed by atoms with van der Waals surface area (Å²) in [6, 6.07) is 15.5. The highest BCUT2D eigenvalue weighted by Gasteiger charge is 2.32. The van der Waals surface area contributed by atoms with Crippen molar-refractivity contribution in [3.63, 3.8) is 0 Å². The number of benzene rings is 2. The Bertz CT molecular complexity index is 763. The second-order valence-electron chi connectivity index (χ2n) is 7.87.